The van der Waals surface area contributed by atoms with Crippen molar-refractivity contribution in [2.24, 2.45) is 5.73 Å². The molecule has 1 aromatic heterocycles. The van der Waals surface area contributed by atoms with Crippen LogP contribution in [0.4, 0.5) is 0 Å². The Bertz CT molecular complexity index is 547. The number of carbonyl (C=O) groups excluding carboxylic acids is 1. The largest absolute Gasteiger partial charge is 0.335 e. The number of aryl methyl sites for hydroxylation is 1. The average molecular weight is 304 g/mol. The van der Waals surface area contributed by atoms with E-state index in [1.807, 2.05) is 17.9 Å². The molecule has 1 fully saturated rings. The molecule has 0 radical (unpaired) electrons. The Balaban J connectivity index is 2.17. The molecule has 1 aliphatic carbocycles. The van der Waals surface area contributed by atoms with Crippen LogP contribution >= 0.6 is 11.3 Å². The minimum atomic E-state index is 0.165. The zero-order valence-corrected chi connectivity index (χ0v) is 13.8. The zero-order chi connectivity index (χ0) is 15.2. The SMILES string of the molecule is CCN(C(=O)c1cc(C)c(C#CCN)s1)C1CCCCC1. The van der Waals surface area contributed by atoms with Crippen molar-refractivity contribution in [2.45, 2.75) is 52.0 Å². The van der Waals surface area contributed by atoms with E-state index in [9.17, 15) is 4.79 Å². The molecular weight excluding hydrogens is 280 g/mol. The van der Waals surface area contributed by atoms with E-state index in [4.69, 9.17) is 5.73 Å². The van der Waals surface area contributed by atoms with Gasteiger partial charge in [-0.25, -0.2) is 0 Å². The van der Waals surface area contributed by atoms with Crippen LogP contribution in [0.3, 0.4) is 0 Å². The summed E-state index contributed by atoms with van der Waals surface area (Å²) in [5.41, 5.74) is 6.49. The van der Waals surface area contributed by atoms with Gasteiger partial charge in [0.2, 0.25) is 0 Å². The van der Waals surface area contributed by atoms with Gasteiger partial charge in [0, 0.05) is 12.6 Å². The molecule has 0 spiro atoms. The first-order valence-corrected chi connectivity index (χ1v) is 8.59. The summed E-state index contributed by atoms with van der Waals surface area (Å²) in [7, 11) is 0. The molecule has 1 saturated carbocycles. The van der Waals surface area contributed by atoms with Crippen molar-refractivity contribution < 1.29 is 4.79 Å². The minimum Gasteiger partial charge on any atom is -0.335 e. The smallest absolute Gasteiger partial charge is 0.264 e. The summed E-state index contributed by atoms with van der Waals surface area (Å²) in [5.74, 6) is 6.09. The van der Waals surface area contributed by atoms with Gasteiger partial charge < -0.3 is 10.6 Å². The highest BCUT2D eigenvalue weighted by Crippen LogP contribution is 2.27. The van der Waals surface area contributed by atoms with E-state index in [0.717, 1.165) is 34.7 Å². The number of hydrogen-bond acceptors (Lipinski definition) is 3. The van der Waals surface area contributed by atoms with Crippen LogP contribution in [0.15, 0.2) is 6.07 Å². The van der Waals surface area contributed by atoms with E-state index in [0.29, 0.717) is 12.6 Å². The van der Waals surface area contributed by atoms with E-state index in [1.165, 1.54) is 30.6 Å². The molecule has 1 aromatic rings. The molecule has 0 bridgehead atoms. The fourth-order valence-corrected chi connectivity index (χ4v) is 3.95. The first kappa shape index (κ1) is 16.1. The Labute approximate surface area is 131 Å². The maximum Gasteiger partial charge on any atom is 0.264 e. The fourth-order valence-electron chi connectivity index (χ4n) is 2.94. The van der Waals surface area contributed by atoms with Crippen LogP contribution < -0.4 is 5.73 Å². The van der Waals surface area contributed by atoms with Crippen molar-refractivity contribution in [1.82, 2.24) is 4.90 Å². The maximum atomic E-state index is 12.8. The number of amides is 1. The van der Waals surface area contributed by atoms with Crippen LogP contribution in [0.2, 0.25) is 0 Å². The second-order valence-corrected chi connectivity index (χ2v) is 6.56. The first-order chi connectivity index (χ1) is 10.2. The molecule has 1 heterocycles. The van der Waals surface area contributed by atoms with Crippen molar-refractivity contribution in [1.29, 1.82) is 0 Å². The van der Waals surface area contributed by atoms with E-state index >= 15 is 0 Å². The van der Waals surface area contributed by atoms with Gasteiger partial charge in [0.05, 0.1) is 16.3 Å². The maximum absolute atomic E-state index is 12.8. The molecule has 0 saturated heterocycles. The van der Waals surface area contributed by atoms with Gasteiger partial charge in [-0.15, -0.1) is 11.3 Å². The Kier molecular flexibility index (Phi) is 5.84. The first-order valence-electron chi connectivity index (χ1n) is 7.77. The lowest BCUT2D eigenvalue weighted by molar-refractivity contribution is 0.0653. The van der Waals surface area contributed by atoms with Gasteiger partial charge in [0.15, 0.2) is 0 Å². The lowest BCUT2D eigenvalue weighted by Gasteiger charge is -2.33. The Morgan fingerprint density at radius 3 is 2.76 bits per heavy atom. The standard InChI is InChI=1S/C17H24N2OS/c1-3-19(14-8-5-4-6-9-14)17(20)16-12-13(2)15(21-16)10-7-11-18/h12,14H,3-6,8-9,11,18H2,1-2H3. The van der Waals surface area contributed by atoms with Crippen LogP contribution in [0.5, 0.6) is 0 Å². The molecule has 4 heteroatoms. The van der Waals surface area contributed by atoms with E-state index in [1.54, 1.807) is 0 Å². The van der Waals surface area contributed by atoms with Crippen molar-refractivity contribution in [3.8, 4) is 11.8 Å². The molecule has 21 heavy (non-hydrogen) atoms. The molecule has 3 nitrogen and oxygen atoms in total. The molecule has 0 aliphatic heterocycles. The molecule has 1 aliphatic rings. The number of nitrogens with zero attached hydrogens (tertiary/aromatic N) is 1. The van der Waals surface area contributed by atoms with Crippen molar-refractivity contribution >= 4 is 17.2 Å². The number of nitrogens with two attached hydrogens (primary N) is 1. The Morgan fingerprint density at radius 2 is 2.14 bits per heavy atom. The van der Waals surface area contributed by atoms with Gasteiger partial charge in [0.25, 0.3) is 5.91 Å². The van der Waals surface area contributed by atoms with Crippen LogP contribution in [-0.2, 0) is 0 Å². The van der Waals surface area contributed by atoms with Gasteiger partial charge >= 0.3 is 0 Å². The van der Waals surface area contributed by atoms with Gasteiger partial charge in [0.1, 0.15) is 0 Å². The summed E-state index contributed by atoms with van der Waals surface area (Å²) in [4.78, 5) is 16.6. The molecule has 2 N–H and O–H groups in total. The number of hydrogen-bond donors (Lipinski definition) is 1. The second kappa shape index (κ2) is 7.63. The quantitative estimate of drug-likeness (QED) is 0.872. The Morgan fingerprint density at radius 1 is 1.43 bits per heavy atom. The molecule has 0 atom stereocenters. The lowest BCUT2D eigenvalue weighted by Crippen LogP contribution is -2.41. The van der Waals surface area contributed by atoms with Crippen LogP contribution in [0.25, 0.3) is 0 Å². The number of thiophene rings is 1. The van der Waals surface area contributed by atoms with E-state index in [-0.39, 0.29) is 5.91 Å². The summed E-state index contributed by atoms with van der Waals surface area (Å²) in [5, 5.41) is 0. The fraction of sp³-hybridized carbons (Fsp3) is 0.588. The van der Waals surface area contributed by atoms with Gasteiger partial charge in [-0.05, 0) is 38.3 Å². The molecule has 114 valence electrons. The monoisotopic (exact) mass is 304 g/mol. The average Bonchev–Trinajstić information content (AvgIpc) is 2.88. The van der Waals surface area contributed by atoms with Crippen molar-refractivity contribution in [2.75, 3.05) is 13.1 Å². The summed E-state index contributed by atoms with van der Waals surface area (Å²) >= 11 is 1.49. The van der Waals surface area contributed by atoms with Crippen molar-refractivity contribution in [3.63, 3.8) is 0 Å². The Hall–Kier alpha value is -1.31. The van der Waals surface area contributed by atoms with Crippen molar-refractivity contribution in [3.05, 3.63) is 21.4 Å². The lowest BCUT2D eigenvalue weighted by atomic mass is 9.94. The summed E-state index contributed by atoms with van der Waals surface area (Å²) in [6.07, 6.45) is 6.07. The minimum absolute atomic E-state index is 0.165. The molecule has 0 unspecified atom stereocenters. The second-order valence-electron chi connectivity index (χ2n) is 5.51. The summed E-state index contributed by atoms with van der Waals surface area (Å²) in [6.45, 7) is 5.21. The van der Waals surface area contributed by atoms with E-state index in [2.05, 4.69) is 18.8 Å². The van der Waals surface area contributed by atoms with Gasteiger partial charge in [-0.2, -0.15) is 0 Å². The summed E-state index contributed by atoms with van der Waals surface area (Å²) in [6, 6.07) is 2.39. The highest BCUT2D eigenvalue weighted by atomic mass is 32.1. The van der Waals surface area contributed by atoms with E-state index < -0.39 is 0 Å². The topological polar surface area (TPSA) is 46.3 Å². The molecule has 1 amide bonds. The normalized spacial score (nSPS) is 15.4. The van der Waals surface area contributed by atoms with Crippen LogP contribution in [0.1, 0.15) is 59.1 Å². The third-order valence-electron chi connectivity index (χ3n) is 4.05. The molecule has 2 rings (SSSR count). The predicted molar refractivity (Wildman–Crippen MR) is 88.6 cm³/mol. The highest BCUT2D eigenvalue weighted by molar-refractivity contribution is 7.14. The van der Waals surface area contributed by atoms with Gasteiger partial charge in [-0.1, -0.05) is 31.1 Å². The predicted octanol–water partition coefficient (Wildman–Crippen LogP) is 3.16. The summed E-state index contributed by atoms with van der Waals surface area (Å²) < 4.78 is 0. The highest BCUT2D eigenvalue weighted by Gasteiger charge is 2.26. The van der Waals surface area contributed by atoms with Gasteiger partial charge in [-0.3, -0.25) is 4.79 Å². The number of rotatable bonds is 3. The van der Waals surface area contributed by atoms with Crippen LogP contribution in [-0.4, -0.2) is 29.9 Å². The third kappa shape index (κ3) is 3.87. The number of carbonyl (C=O) groups is 1. The molecule has 0 aromatic carbocycles. The zero-order valence-electron chi connectivity index (χ0n) is 12.9. The third-order valence-corrected chi connectivity index (χ3v) is 5.19. The molecular formula is C17H24N2OS. The van der Waals surface area contributed by atoms with Crippen LogP contribution in [0, 0.1) is 18.8 Å².